The maximum absolute atomic E-state index is 12.4. The summed E-state index contributed by atoms with van der Waals surface area (Å²) in [5, 5.41) is 3.07. The van der Waals surface area contributed by atoms with Gasteiger partial charge in [-0.3, -0.25) is 9.59 Å². The van der Waals surface area contributed by atoms with Crippen LogP contribution in [-0.4, -0.2) is 36.3 Å². The van der Waals surface area contributed by atoms with E-state index in [-0.39, 0.29) is 36.8 Å². The Hall–Kier alpha value is -1.59. The number of carbonyl (C=O) groups excluding carboxylic acids is 2. The van der Waals surface area contributed by atoms with Gasteiger partial charge in [0, 0.05) is 13.1 Å². The molecule has 0 aromatic heterocycles. The van der Waals surface area contributed by atoms with Crippen LogP contribution in [-0.2, 0) is 9.59 Å². The van der Waals surface area contributed by atoms with E-state index in [9.17, 15) is 9.59 Å². The number of nitrogens with one attached hydrogen (secondary N) is 1. The van der Waals surface area contributed by atoms with E-state index in [0.29, 0.717) is 13.1 Å². The summed E-state index contributed by atoms with van der Waals surface area (Å²) >= 11 is 0. The smallest absolute Gasteiger partial charge is 0.237 e. The van der Waals surface area contributed by atoms with Gasteiger partial charge in [-0.05, 0) is 12.5 Å². The van der Waals surface area contributed by atoms with Gasteiger partial charge in [0.15, 0.2) is 0 Å². The van der Waals surface area contributed by atoms with Crippen LogP contribution < -0.4 is 11.1 Å². The molecule has 0 aliphatic carbocycles. The molecule has 2 rings (SSSR count). The van der Waals surface area contributed by atoms with Gasteiger partial charge in [-0.2, -0.15) is 0 Å². The van der Waals surface area contributed by atoms with Crippen molar-refractivity contribution in [3.63, 3.8) is 0 Å². The third kappa shape index (κ3) is 3.71. The molecular formula is C14H20ClN3O2. The Bertz CT molecular complexity index is 463. The molecule has 20 heavy (non-hydrogen) atoms. The zero-order valence-corrected chi connectivity index (χ0v) is 12.2. The van der Waals surface area contributed by atoms with E-state index < -0.39 is 5.91 Å². The van der Waals surface area contributed by atoms with Crippen molar-refractivity contribution in [3.8, 4) is 0 Å². The number of nitrogens with two attached hydrogens (primary N) is 1. The summed E-state index contributed by atoms with van der Waals surface area (Å²) in [6.07, 6.45) is 0. The summed E-state index contributed by atoms with van der Waals surface area (Å²) in [4.78, 5) is 25.1. The van der Waals surface area contributed by atoms with Gasteiger partial charge in [0.25, 0.3) is 0 Å². The molecule has 0 bridgehead atoms. The van der Waals surface area contributed by atoms with Crippen LogP contribution in [0.1, 0.15) is 18.5 Å². The van der Waals surface area contributed by atoms with Gasteiger partial charge in [-0.1, -0.05) is 30.3 Å². The monoisotopic (exact) mass is 297 g/mol. The summed E-state index contributed by atoms with van der Waals surface area (Å²) < 4.78 is 0. The Morgan fingerprint density at radius 1 is 1.35 bits per heavy atom. The lowest BCUT2D eigenvalue weighted by Crippen LogP contribution is -2.53. The maximum atomic E-state index is 12.4. The van der Waals surface area contributed by atoms with Gasteiger partial charge < -0.3 is 16.0 Å². The molecule has 6 heteroatoms. The normalized spacial score (nSPS) is 15.7. The second kappa shape index (κ2) is 7.26. The van der Waals surface area contributed by atoms with Crippen LogP contribution in [0.5, 0.6) is 0 Å². The maximum Gasteiger partial charge on any atom is 0.237 e. The number of carbonyl (C=O) groups is 2. The van der Waals surface area contributed by atoms with Crippen LogP contribution in [0.15, 0.2) is 30.3 Å². The molecule has 1 aromatic carbocycles. The average molecular weight is 298 g/mol. The first-order valence-electron chi connectivity index (χ1n) is 6.44. The largest absolute Gasteiger partial charge is 0.368 e. The molecule has 2 amide bonds. The minimum Gasteiger partial charge on any atom is -0.368 e. The van der Waals surface area contributed by atoms with Gasteiger partial charge in [-0.15, -0.1) is 12.4 Å². The first-order chi connectivity index (χ1) is 9.09. The topological polar surface area (TPSA) is 75.4 Å². The Labute approximate surface area is 124 Å². The molecule has 1 aliphatic rings. The highest BCUT2D eigenvalue weighted by Crippen LogP contribution is 2.22. The lowest BCUT2D eigenvalue weighted by atomic mass is 9.99. The highest BCUT2D eigenvalue weighted by Gasteiger charge is 2.32. The highest BCUT2D eigenvalue weighted by atomic mass is 35.5. The average Bonchev–Trinajstić information content (AvgIpc) is 2.34. The van der Waals surface area contributed by atoms with Crippen molar-refractivity contribution in [2.75, 3.05) is 19.6 Å². The predicted octanol–water partition coefficient (Wildman–Crippen LogP) is 0.703. The number of amides is 2. The Morgan fingerprint density at radius 3 is 2.40 bits per heavy atom. The fourth-order valence-electron chi connectivity index (χ4n) is 2.18. The van der Waals surface area contributed by atoms with E-state index in [0.717, 1.165) is 5.56 Å². The lowest BCUT2D eigenvalue weighted by molar-refractivity contribution is -0.142. The SMILES string of the molecule is C[C@H](c1ccccc1)N(CC(N)=O)C(=O)C1CNC1.Cl. The number of halogens is 1. The van der Waals surface area contributed by atoms with Crippen LogP contribution in [0, 0.1) is 5.92 Å². The van der Waals surface area contributed by atoms with Crippen molar-refractivity contribution in [3.05, 3.63) is 35.9 Å². The fourth-order valence-corrected chi connectivity index (χ4v) is 2.18. The standard InChI is InChI=1S/C14H19N3O2.ClH/c1-10(11-5-3-2-4-6-11)17(9-13(15)18)14(19)12-7-16-8-12;/h2-6,10,12,16H,7-9H2,1H3,(H2,15,18);1H/t10-;/m1./s1. The molecule has 1 heterocycles. The Kier molecular flexibility index (Phi) is 5.98. The molecule has 1 atom stereocenters. The number of hydrogen-bond donors (Lipinski definition) is 2. The van der Waals surface area contributed by atoms with Gasteiger partial charge in [0.2, 0.25) is 11.8 Å². The molecule has 0 saturated carbocycles. The molecule has 1 saturated heterocycles. The van der Waals surface area contributed by atoms with Gasteiger partial charge in [-0.25, -0.2) is 0 Å². The fraction of sp³-hybridized carbons (Fsp3) is 0.429. The molecule has 0 radical (unpaired) electrons. The van der Waals surface area contributed by atoms with Crippen molar-refractivity contribution in [1.29, 1.82) is 0 Å². The van der Waals surface area contributed by atoms with Crippen LogP contribution in [0.4, 0.5) is 0 Å². The Morgan fingerprint density at radius 2 is 1.95 bits per heavy atom. The van der Waals surface area contributed by atoms with Gasteiger partial charge >= 0.3 is 0 Å². The minimum absolute atomic E-state index is 0. The molecule has 1 aliphatic heterocycles. The van der Waals surface area contributed by atoms with Crippen LogP contribution in [0.2, 0.25) is 0 Å². The first kappa shape index (κ1) is 16.5. The van der Waals surface area contributed by atoms with E-state index in [4.69, 9.17) is 5.73 Å². The molecule has 1 aromatic rings. The molecule has 1 fully saturated rings. The van der Waals surface area contributed by atoms with Crippen LogP contribution in [0.3, 0.4) is 0 Å². The second-order valence-corrected chi connectivity index (χ2v) is 4.87. The predicted molar refractivity (Wildman–Crippen MR) is 79.4 cm³/mol. The highest BCUT2D eigenvalue weighted by molar-refractivity contribution is 5.86. The molecule has 0 spiro atoms. The zero-order valence-electron chi connectivity index (χ0n) is 11.4. The number of hydrogen-bond acceptors (Lipinski definition) is 3. The van der Waals surface area contributed by atoms with Crippen molar-refractivity contribution in [1.82, 2.24) is 10.2 Å². The number of primary amides is 1. The summed E-state index contributed by atoms with van der Waals surface area (Å²) in [7, 11) is 0. The van der Waals surface area contributed by atoms with Crippen molar-refractivity contribution >= 4 is 24.2 Å². The van der Waals surface area contributed by atoms with Crippen LogP contribution >= 0.6 is 12.4 Å². The minimum atomic E-state index is -0.483. The van der Waals surface area contributed by atoms with Crippen molar-refractivity contribution in [2.45, 2.75) is 13.0 Å². The first-order valence-corrected chi connectivity index (χ1v) is 6.44. The molecular weight excluding hydrogens is 278 g/mol. The third-order valence-electron chi connectivity index (χ3n) is 3.49. The van der Waals surface area contributed by atoms with Crippen molar-refractivity contribution < 1.29 is 9.59 Å². The van der Waals surface area contributed by atoms with Gasteiger partial charge in [0.1, 0.15) is 0 Å². The third-order valence-corrected chi connectivity index (χ3v) is 3.49. The molecule has 110 valence electrons. The quantitative estimate of drug-likeness (QED) is 0.840. The van der Waals surface area contributed by atoms with E-state index in [1.54, 1.807) is 4.90 Å². The summed E-state index contributed by atoms with van der Waals surface area (Å²) in [5.74, 6) is -0.525. The Balaban J connectivity index is 0.00000200. The summed E-state index contributed by atoms with van der Waals surface area (Å²) in [5.41, 5.74) is 6.26. The number of rotatable bonds is 5. The summed E-state index contributed by atoms with van der Waals surface area (Å²) in [6.45, 7) is 3.23. The zero-order chi connectivity index (χ0) is 13.8. The number of benzene rings is 1. The van der Waals surface area contributed by atoms with E-state index in [1.165, 1.54) is 0 Å². The molecule has 0 unspecified atom stereocenters. The van der Waals surface area contributed by atoms with E-state index >= 15 is 0 Å². The number of nitrogens with zero attached hydrogens (tertiary/aromatic N) is 1. The summed E-state index contributed by atoms with van der Waals surface area (Å²) in [6, 6.07) is 9.51. The van der Waals surface area contributed by atoms with E-state index in [2.05, 4.69) is 5.32 Å². The second-order valence-electron chi connectivity index (χ2n) is 4.87. The lowest BCUT2D eigenvalue weighted by Gasteiger charge is -2.35. The molecule has 3 N–H and O–H groups in total. The van der Waals surface area contributed by atoms with Crippen molar-refractivity contribution in [2.24, 2.45) is 11.7 Å². The van der Waals surface area contributed by atoms with Crippen LogP contribution in [0.25, 0.3) is 0 Å². The molecule has 5 nitrogen and oxygen atoms in total. The van der Waals surface area contributed by atoms with E-state index in [1.807, 2.05) is 37.3 Å². The van der Waals surface area contributed by atoms with Gasteiger partial charge in [0.05, 0.1) is 18.5 Å².